The van der Waals surface area contributed by atoms with Crippen molar-refractivity contribution in [3.63, 3.8) is 0 Å². The fourth-order valence-electron chi connectivity index (χ4n) is 4.00. The van der Waals surface area contributed by atoms with E-state index in [-0.39, 0.29) is 24.2 Å². The van der Waals surface area contributed by atoms with Crippen LogP contribution in [0.3, 0.4) is 0 Å². The molecule has 3 rings (SSSR count). The Morgan fingerprint density at radius 1 is 1.00 bits per heavy atom. The number of likely N-dealkylation sites (tertiary alicyclic amines) is 1. The summed E-state index contributed by atoms with van der Waals surface area (Å²) in [4.78, 5) is 35.3. The zero-order valence-electron chi connectivity index (χ0n) is 20.4. The minimum Gasteiger partial charge on any atom is -0.504 e. The van der Waals surface area contributed by atoms with Gasteiger partial charge in [-0.2, -0.15) is 0 Å². The van der Waals surface area contributed by atoms with Crippen molar-refractivity contribution in [2.75, 3.05) is 32.8 Å². The molecule has 4 N–H and O–H groups in total. The number of carbonyl (C=O) groups is 3. The molecular formula is C26H34N2O8. The van der Waals surface area contributed by atoms with E-state index in [1.165, 1.54) is 0 Å². The zero-order valence-corrected chi connectivity index (χ0v) is 20.4. The molecule has 1 saturated heterocycles. The van der Waals surface area contributed by atoms with Crippen LogP contribution in [0.25, 0.3) is 0 Å². The molecule has 1 aliphatic rings. The second-order valence-corrected chi connectivity index (χ2v) is 8.33. The van der Waals surface area contributed by atoms with Gasteiger partial charge in [-0.3, -0.25) is 9.69 Å². The topological polar surface area (TPSA) is 148 Å². The van der Waals surface area contributed by atoms with Crippen LogP contribution in [0.2, 0.25) is 0 Å². The maximum atomic E-state index is 13.1. The number of ether oxygens (including phenoxy) is 1. The number of aliphatic hydroxyl groups excluding tert-OH is 1. The van der Waals surface area contributed by atoms with Crippen molar-refractivity contribution in [1.82, 2.24) is 9.80 Å². The molecular weight excluding hydrogens is 468 g/mol. The summed E-state index contributed by atoms with van der Waals surface area (Å²) >= 11 is 0. The van der Waals surface area contributed by atoms with Crippen LogP contribution in [-0.2, 0) is 27.5 Å². The second-order valence-electron chi connectivity index (χ2n) is 8.33. The van der Waals surface area contributed by atoms with Gasteiger partial charge >= 0.3 is 11.9 Å². The van der Waals surface area contributed by atoms with Gasteiger partial charge in [0.1, 0.15) is 0 Å². The second kappa shape index (κ2) is 14.7. The standard InChI is InChI=1S/C24H32N2O4.C2H2O4/c1-2-30-22-10-6-9-21(23(22)28)18-25-13-11-20(12-14-25)24(29)26(15-16-27)17-19-7-4-3-5-8-19;3-1(4)2(5)6/h3-10,20,27-28H,2,11-18H2,1H3;(H,3,4)(H,5,6). The quantitative estimate of drug-likeness (QED) is 0.379. The van der Waals surface area contributed by atoms with E-state index in [0.29, 0.717) is 32.0 Å². The number of hydrogen-bond donors (Lipinski definition) is 4. The number of carboxylic acids is 2. The largest absolute Gasteiger partial charge is 0.504 e. The molecule has 196 valence electrons. The van der Waals surface area contributed by atoms with Crippen molar-refractivity contribution in [3.8, 4) is 11.5 Å². The third kappa shape index (κ3) is 8.86. The van der Waals surface area contributed by atoms with Gasteiger partial charge in [0.05, 0.1) is 13.2 Å². The van der Waals surface area contributed by atoms with Crippen molar-refractivity contribution in [1.29, 1.82) is 0 Å². The fourth-order valence-corrected chi connectivity index (χ4v) is 4.00. The predicted molar refractivity (Wildman–Crippen MR) is 131 cm³/mol. The Hall–Kier alpha value is -3.63. The van der Waals surface area contributed by atoms with E-state index in [0.717, 1.165) is 37.1 Å². The summed E-state index contributed by atoms with van der Waals surface area (Å²) in [5.41, 5.74) is 1.91. The molecule has 0 bridgehead atoms. The number of para-hydroxylation sites is 1. The number of nitrogens with zero attached hydrogens (tertiary/aromatic N) is 2. The smallest absolute Gasteiger partial charge is 0.414 e. The zero-order chi connectivity index (χ0) is 26.5. The average Bonchev–Trinajstić information content (AvgIpc) is 2.87. The van der Waals surface area contributed by atoms with Gasteiger partial charge in [0, 0.05) is 31.1 Å². The van der Waals surface area contributed by atoms with Crippen molar-refractivity contribution < 1.29 is 39.5 Å². The molecule has 10 heteroatoms. The van der Waals surface area contributed by atoms with Crippen LogP contribution in [0, 0.1) is 5.92 Å². The summed E-state index contributed by atoms with van der Waals surface area (Å²) in [5, 5.41) is 34.6. The number of aliphatic carboxylic acids is 2. The number of phenols is 1. The number of carbonyl (C=O) groups excluding carboxylic acids is 1. The van der Waals surface area contributed by atoms with Gasteiger partial charge in [-0.05, 0) is 44.5 Å². The maximum Gasteiger partial charge on any atom is 0.414 e. The summed E-state index contributed by atoms with van der Waals surface area (Å²) in [6.45, 7) is 5.49. The lowest BCUT2D eigenvalue weighted by atomic mass is 9.94. The molecule has 0 aliphatic carbocycles. The van der Waals surface area contributed by atoms with E-state index in [2.05, 4.69) is 4.90 Å². The molecule has 36 heavy (non-hydrogen) atoms. The molecule has 1 fully saturated rings. The van der Waals surface area contributed by atoms with E-state index in [4.69, 9.17) is 24.5 Å². The number of aromatic hydroxyl groups is 1. The van der Waals surface area contributed by atoms with Crippen molar-refractivity contribution in [2.24, 2.45) is 5.92 Å². The van der Waals surface area contributed by atoms with Crippen molar-refractivity contribution in [3.05, 3.63) is 59.7 Å². The Labute approximate surface area is 210 Å². The number of amides is 1. The van der Waals surface area contributed by atoms with Crippen LogP contribution in [0.1, 0.15) is 30.9 Å². The lowest BCUT2D eigenvalue weighted by molar-refractivity contribution is -0.159. The highest BCUT2D eigenvalue weighted by Crippen LogP contribution is 2.31. The summed E-state index contributed by atoms with van der Waals surface area (Å²) in [6, 6.07) is 15.5. The minimum absolute atomic E-state index is 0.0279. The SMILES string of the molecule is CCOc1cccc(CN2CCC(C(=O)N(CCO)Cc3ccccc3)CC2)c1O.O=C(O)C(=O)O. The highest BCUT2D eigenvalue weighted by molar-refractivity contribution is 6.27. The monoisotopic (exact) mass is 502 g/mol. The number of rotatable bonds is 9. The lowest BCUT2D eigenvalue weighted by Gasteiger charge is -2.34. The first kappa shape index (κ1) is 28.6. The summed E-state index contributed by atoms with van der Waals surface area (Å²) in [7, 11) is 0. The van der Waals surface area contributed by atoms with E-state index in [1.54, 1.807) is 11.0 Å². The molecule has 0 saturated carbocycles. The van der Waals surface area contributed by atoms with E-state index < -0.39 is 11.9 Å². The molecule has 0 spiro atoms. The van der Waals surface area contributed by atoms with Crippen LogP contribution in [-0.4, -0.2) is 80.9 Å². The summed E-state index contributed by atoms with van der Waals surface area (Å²) in [5.74, 6) is -2.84. The highest BCUT2D eigenvalue weighted by Gasteiger charge is 2.29. The van der Waals surface area contributed by atoms with Crippen LogP contribution in [0.15, 0.2) is 48.5 Å². The number of aliphatic hydroxyl groups is 1. The number of piperidine rings is 1. The van der Waals surface area contributed by atoms with E-state index >= 15 is 0 Å². The fraction of sp³-hybridized carbons (Fsp3) is 0.423. The van der Waals surface area contributed by atoms with Gasteiger partial charge in [0.2, 0.25) is 5.91 Å². The molecule has 0 aromatic heterocycles. The molecule has 1 amide bonds. The first-order chi connectivity index (χ1) is 17.3. The van der Waals surface area contributed by atoms with Gasteiger partial charge in [0.25, 0.3) is 0 Å². The molecule has 1 heterocycles. The van der Waals surface area contributed by atoms with Gasteiger partial charge in [-0.15, -0.1) is 0 Å². The van der Waals surface area contributed by atoms with Gasteiger partial charge in [0.15, 0.2) is 11.5 Å². The summed E-state index contributed by atoms with van der Waals surface area (Å²) in [6.07, 6.45) is 1.56. The summed E-state index contributed by atoms with van der Waals surface area (Å²) < 4.78 is 5.47. The van der Waals surface area contributed by atoms with Crippen molar-refractivity contribution >= 4 is 17.8 Å². The Morgan fingerprint density at radius 3 is 2.19 bits per heavy atom. The first-order valence-electron chi connectivity index (χ1n) is 11.8. The molecule has 0 radical (unpaired) electrons. The normalized spacial score (nSPS) is 13.8. The lowest BCUT2D eigenvalue weighted by Crippen LogP contribution is -2.43. The minimum atomic E-state index is -1.82. The van der Waals surface area contributed by atoms with Crippen molar-refractivity contribution in [2.45, 2.75) is 32.9 Å². The third-order valence-corrected chi connectivity index (χ3v) is 5.79. The van der Waals surface area contributed by atoms with Gasteiger partial charge in [-0.1, -0.05) is 42.5 Å². The number of hydrogen-bond acceptors (Lipinski definition) is 7. The molecule has 10 nitrogen and oxygen atoms in total. The Kier molecular flexibility index (Phi) is 11.7. The molecule has 1 aliphatic heterocycles. The maximum absolute atomic E-state index is 13.1. The Balaban J connectivity index is 0.000000678. The number of carboxylic acid groups (broad SMARTS) is 2. The molecule has 2 aromatic carbocycles. The number of phenolic OH excluding ortho intramolecular Hbond substituents is 1. The third-order valence-electron chi connectivity index (χ3n) is 5.79. The predicted octanol–water partition coefficient (Wildman–Crippen LogP) is 2.18. The first-order valence-corrected chi connectivity index (χ1v) is 11.8. The molecule has 0 unspecified atom stereocenters. The Morgan fingerprint density at radius 2 is 1.64 bits per heavy atom. The van der Waals surface area contributed by atoms with Gasteiger partial charge < -0.3 is 30.1 Å². The van der Waals surface area contributed by atoms with Crippen LogP contribution in [0.5, 0.6) is 11.5 Å². The van der Waals surface area contributed by atoms with Gasteiger partial charge in [-0.25, -0.2) is 9.59 Å². The highest BCUT2D eigenvalue weighted by atomic mass is 16.5. The van der Waals surface area contributed by atoms with E-state index in [1.807, 2.05) is 49.4 Å². The van der Waals surface area contributed by atoms with Crippen LogP contribution in [0.4, 0.5) is 0 Å². The average molecular weight is 503 g/mol. The number of benzene rings is 2. The molecule has 2 aromatic rings. The van der Waals surface area contributed by atoms with Crippen LogP contribution >= 0.6 is 0 Å². The Bertz CT molecular complexity index is 979. The van der Waals surface area contributed by atoms with E-state index in [9.17, 15) is 15.0 Å². The molecule has 0 atom stereocenters. The van der Waals surface area contributed by atoms with Crippen LogP contribution < -0.4 is 4.74 Å².